The number of nitrogens with zero attached hydrogens (tertiary/aromatic N) is 1. The summed E-state index contributed by atoms with van der Waals surface area (Å²) >= 11 is 0. The molecule has 1 amide bonds. The van der Waals surface area contributed by atoms with Crippen LogP contribution in [0.2, 0.25) is 0 Å². The minimum absolute atomic E-state index is 0.0935. The highest BCUT2D eigenvalue weighted by atomic mass is 19.1. The normalized spacial score (nSPS) is 12.3. The van der Waals surface area contributed by atoms with Gasteiger partial charge < -0.3 is 10.2 Å². The van der Waals surface area contributed by atoms with Crippen molar-refractivity contribution in [3.63, 3.8) is 0 Å². The Morgan fingerprint density at radius 1 is 1.44 bits per heavy atom. The summed E-state index contributed by atoms with van der Waals surface area (Å²) in [4.78, 5) is 13.4. The summed E-state index contributed by atoms with van der Waals surface area (Å²) in [6.45, 7) is 2.43. The van der Waals surface area contributed by atoms with Crippen LogP contribution >= 0.6 is 0 Å². The summed E-state index contributed by atoms with van der Waals surface area (Å²) in [5.41, 5.74) is 0.0935. The van der Waals surface area contributed by atoms with E-state index in [1.807, 2.05) is 6.92 Å². The number of halogens is 2. The third kappa shape index (κ3) is 3.26. The third-order valence-corrected chi connectivity index (χ3v) is 2.89. The fraction of sp³-hybridized carbons (Fsp3) is 0.462. The molecule has 0 fully saturated rings. The van der Waals surface area contributed by atoms with E-state index in [9.17, 15) is 13.6 Å². The Bertz CT molecular complexity index is 423. The van der Waals surface area contributed by atoms with Crippen molar-refractivity contribution in [3.05, 3.63) is 29.8 Å². The molecule has 1 atom stereocenters. The van der Waals surface area contributed by atoms with Crippen LogP contribution in [0.5, 0.6) is 0 Å². The predicted molar refractivity (Wildman–Crippen MR) is 67.5 cm³/mol. The van der Waals surface area contributed by atoms with E-state index in [2.05, 4.69) is 5.32 Å². The van der Waals surface area contributed by atoms with Crippen LogP contribution in [-0.2, 0) is 4.79 Å². The van der Waals surface area contributed by atoms with Crippen LogP contribution in [0.15, 0.2) is 18.2 Å². The molecule has 0 bridgehead atoms. The van der Waals surface area contributed by atoms with Gasteiger partial charge in [-0.1, -0.05) is 6.92 Å². The highest BCUT2D eigenvalue weighted by Crippen LogP contribution is 2.21. The van der Waals surface area contributed by atoms with Gasteiger partial charge in [0.1, 0.15) is 11.6 Å². The van der Waals surface area contributed by atoms with Crippen molar-refractivity contribution in [2.24, 2.45) is 5.92 Å². The Kier molecular flexibility index (Phi) is 5.22. The molecule has 0 radical (unpaired) electrons. The number of anilines is 1. The van der Waals surface area contributed by atoms with Gasteiger partial charge in [0, 0.05) is 19.7 Å². The van der Waals surface area contributed by atoms with Crippen LogP contribution in [-0.4, -0.2) is 26.5 Å². The van der Waals surface area contributed by atoms with Crippen molar-refractivity contribution in [3.8, 4) is 0 Å². The number of carbonyl (C=O) groups is 1. The molecule has 0 heterocycles. The predicted octanol–water partition coefficient (Wildman–Crippen LogP) is 2.17. The van der Waals surface area contributed by atoms with Crippen molar-refractivity contribution in [1.82, 2.24) is 5.32 Å². The van der Waals surface area contributed by atoms with Gasteiger partial charge in [-0.25, -0.2) is 8.78 Å². The molecule has 1 aromatic carbocycles. The lowest BCUT2D eigenvalue weighted by Crippen LogP contribution is -2.37. The minimum Gasteiger partial charge on any atom is -0.319 e. The van der Waals surface area contributed by atoms with Gasteiger partial charge in [-0.05, 0) is 25.6 Å². The maximum Gasteiger partial charge on any atom is 0.231 e. The largest absolute Gasteiger partial charge is 0.319 e. The third-order valence-electron chi connectivity index (χ3n) is 2.89. The van der Waals surface area contributed by atoms with Gasteiger partial charge in [0.05, 0.1) is 11.6 Å². The minimum atomic E-state index is -0.731. The maximum absolute atomic E-state index is 13.6. The SMILES string of the molecule is CCC(CNC)C(=O)N(C)c1ccc(F)cc1F. The smallest absolute Gasteiger partial charge is 0.231 e. The maximum atomic E-state index is 13.6. The first-order valence-electron chi connectivity index (χ1n) is 5.88. The quantitative estimate of drug-likeness (QED) is 0.875. The molecule has 18 heavy (non-hydrogen) atoms. The molecule has 0 aliphatic heterocycles. The Hall–Kier alpha value is -1.49. The van der Waals surface area contributed by atoms with Gasteiger partial charge >= 0.3 is 0 Å². The van der Waals surface area contributed by atoms with Gasteiger partial charge in [0.2, 0.25) is 5.91 Å². The van der Waals surface area contributed by atoms with Crippen molar-refractivity contribution >= 4 is 11.6 Å². The molecule has 0 saturated carbocycles. The zero-order valence-corrected chi connectivity index (χ0v) is 10.8. The number of carbonyl (C=O) groups excluding carboxylic acids is 1. The van der Waals surface area contributed by atoms with Crippen LogP contribution in [0.25, 0.3) is 0 Å². The second-order valence-corrected chi connectivity index (χ2v) is 4.16. The molecule has 1 N–H and O–H groups in total. The van der Waals surface area contributed by atoms with Gasteiger partial charge in [-0.15, -0.1) is 0 Å². The fourth-order valence-corrected chi connectivity index (χ4v) is 1.80. The first-order valence-corrected chi connectivity index (χ1v) is 5.88. The molecular formula is C13H18F2N2O. The van der Waals surface area contributed by atoms with E-state index in [-0.39, 0.29) is 17.5 Å². The molecular weight excluding hydrogens is 238 g/mol. The second kappa shape index (κ2) is 6.44. The van der Waals surface area contributed by atoms with E-state index >= 15 is 0 Å². The molecule has 0 aliphatic rings. The molecule has 0 spiro atoms. The number of hydrogen-bond donors (Lipinski definition) is 1. The topological polar surface area (TPSA) is 32.3 Å². The van der Waals surface area contributed by atoms with Crippen LogP contribution in [0.3, 0.4) is 0 Å². The zero-order valence-electron chi connectivity index (χ0n) is 10.8. The van der Waals surface area contributed by atoms with E-state index in [1.165, 1.54) is 18.0 Å². The number of hydrogen-bond acceptors (Lipinski definition) is 2. The molecule has 0 aliphatic carbocycles. The molecule has 1 unspecified atom stereocenters. The highest BCUT2D eigenvalue weighted by Gasteiger charge is 2.22. The standard InChI is InChI=1S/C13H18F2N2O/c1-4-9(8-16-2)13(18)17(3)12-6-5-10(14)7-11(12)15/h5-7,9,16H,4,8H2,1-3H3. The van der Waals surface area contributed by atoms with Crippen LogP contribution in [0, 0.1) is 17.6 Å². The average Bonchev–Trinajstić information content (AvgIpc) is 2.34. The van der Waals surface area contributed by atoms with E-state index < -0.39 is 11.6 Å². The molecule has 1 aromatic rings. The molecule has 3 nitrogen and oxygen atoms in total. The summed E-state index contributed by atoms with van der Waals surface area (Å²) in [5.74, 6) is -1.79. The highest BCUT2D eigenvalue weighted by molar-refractivity contribution is 5.94. The molecule has 100 valence electrons. The summed E-state index contributed by atoms with van der Waals surface area (Å²) < 4.78 is 26.4. The fourth-order valence-electron chi connectivity index (χ4n) is 1.80. The first kappa shape index (κ1) is 14.6. The van der Waals surface area contributed by atoms with E-state index in [1.54, 1.807) is 7.05 Å². The molecule has 0 aromatic heterocycles. The number of nitrogens with one attached hydrogen (secondary N) is 1. The van der Waals surface area contributed by atoms with Crippen molar-refractivity contribution < 1.29 is 13.6 Å². The number of benzene rings is 1. The number of rotatable bonds is 5. The van der Waals surface area contributed by atoms with Gasteiger partial charge in [-0.3, -0.25) is 4.79 Å². The second-order valence-electron chi connectivity index (χ2n) is 4.16. The molecule has 5 heteroatoms. The summed E-state index contributed by atoms with van der Waals surface area (Å²) in [6, 6.07) is 3.19. The lowest BCUT2D eigenvalue weighted by molar-refractivity contribution is -0.122. The molecule has 0 saturated heterocycles. The number of amides is 1. The molecule has 1 rings (SSSR count). The van der Waals surface area contributed by atoms with Crippen LogP contribution in [0.4, 0.5) is 14.5 Å². The summed E-state index contributed by atoms with van der Waals surface area (Å²) in [5, 5.41) is 2.93. The Morgan fingerprint density at radius 3 is 2.61 bits per heavy atom. The zero-order chi connectivity index (χ0) is 13.7. The van der Waals surface area contributed by atoms with Gasteiger partial charge in [0.25, 0.3) is 0 Å². The van der Waals surface area contributed by atoms with E-state index in [0.29, 0.717) is 13.0 Å². The Labute approximate surface area is 106 Å². The lowest BCUT2D eigenvalue weighted by Gasteiger charge is -2.23. The van der Waals surface area contributed by atoms with E-state index in [0.717, 1.165) is 12.1 Å². The Morgan fingerprint density at radius 2 is 2.11 bits per heavy atom. The monoisotopic (exact) mass is 256 g/mol. The van der Waals surface area contributed by atoms with E-state index in [4.69, 9.17) is 0 Å². The Balaban J connectivity index is 2.91. The van der Waals surface area contributed by atoms with Crippen LogP contribution in [0.1, 0.15) is 13.3 Å². The van der Waals surface area contributed by atoms with Crippen molar-refractivity contribution in [1.29, 1.82) is 0 Å². The summed E-state index contributed by atoms with van der Waals surface area (Å²) in [7, 11) is 3.26. The van der Waals surface area contributed by atoms with Gasteiger partial charge in [0.15, 0.2) is 0 Å². The van der Waals surface area contributed by atoms with Crippen molar-refractivity contribution in [2.45, 2.75) is 13.3 Å². The average molecular weight is 256 g/mol. The first-order chi connectivity index (χ1) is 8.51. The summed E-state index contributed by atoms with van der Waals surface area (Å²) in [6.07, 6.45) is 0.660. The lowest BCUT2D eigenvalue weighted by atomic mass is 10.0. The van der Waals surface area contributed by atoms with Crippen LogP contribution < -0.4 is 10.2 Å². The van der Waals surface area contributed by atoms with Crippen molar-refractivity contribution in [2.75, 3.05) is 25.5 Å². The van der Waals surface area contributed by atoms with Gasteiger partial charge in [-0.2, -0.15) is 0 Å².